The van der Waals surface area contributed by atoms with Crippen LogP contribution in [0.25, 0.3) is 0 Å². The van der Waals surface area contributed by atoms with Crippen LogP contribution in [0.4, 0.5) is 0 Å². The molecule has 4 rings (SSSR count). The van der Waals surface area contributed by atoms with E-state index in [1.807, 2.05) is 20.8 Å². The van der Waals surface area contributed by atoms with E-state index in [0.717, 1.165) is 4.47 Å². The van der Waals surface area contributed by atoms with Gasteiger partial charge in [0, 0.05) is 22.9 Å². The summed E-state index contributed by atoms with van der Waals surface area (Å²) in [6.07, 6.45) is 0.733. The first-order valence-electron chi connectivity index (χ1n) is 11.2. The van der Waals surface area contributed by atoms with Gasteiger partial charge in [-0.2, -0.15) is 0 Å². The van der Waals surface area contributed by atoms with E-state index in [4.69, 9.17) is 19.9 Å². The average Bonchev–Trinajstić information content (AvgIpc) is 2.78. The molecule has 0 bridgehead atoms. The van der Waals surface area contributed by atoms with E-state index >= 15 is 0 Å². The van der Waals surface area contributed by atoms with E-state index < -0.39 is 15.8 Å². The number of carbonyl (C=O) groups excluding carboxylic acids is 1. The molecule has 0 fully saturated rings. The van der Waals surface area contributed by atoms with Crippen molar-refractivity contribution in [2.45, 2.75) is 44.4 Å². The molecule has 0 saturated carbocycles. The third-order valence-corrected chi connectivity index (χ3v) is 8.58. The van der Waals surface area contributed by atoms with Gasteiger partial charge in [0.2, 0.25) is 15.7 Å². The van der Waals surface area contributed by atoms with Crippen LogP contribution in [0.2, 0.25) is 0 Å². The maximum atomic E-state index is 13.9. The molecule has 35 heavy (non-hydrogen) atoms. The van der Waals surface area contributed by atoms with Gasteiger partial charge in [-0.15, -0.1) is 0 Å². The zero-order chi connectivity index (χ0) is 25.5. The zero-order valence-electron chi connectivity index (χ0n) is 20.1. The smallest absolute Gasteiger partial charge is 0.208 e. The summed E-state index contributed by atoms with van der Waals surface area (Å²) in [5, 5.41) is 0. The van der Waals surface area contributed by atoms with Crippen LogP contribution in [0.3, 0.4) is 0 Å². The van der Waals surface area contributed by atoms with Crippen LogP contribution < -0.4 is 15.2 Å². The van der Waals surface area contributed by atoms with Gasteiger partial charge in [0.05, 0.1) is 24.5 Å². The van der Waals surface area contributed by atoms with Crippen molar-refractivity contribution < 1.29 is 27.4 Å². The van der Waals surface area contributed by atoms with Crippen LogP contribution in [0.1, 0.15) is 45.1 Å². The fourth-order valence-corrected chi connectivity index (χ4v) is 6.52. The monoisotopic (exact) mass is 561 g/mol. The summed E-state index contributed by atoms with van der Waals surface area (Å²) in [5.41, 5.74) is 6.85. The van der Waals surface area contributed by atoms with Gasteiger partial charge in [-0.1, -0.05) is 35.8 Å². The molecule has 2 aromatic carbocycles. The first-order valence-corrected chi connectivity index (χ1v) is 13.5. The number of rotatable bonds is 6. The van der Waals surface area contributed by atoms with Crippen molar-refractivity contribution >= 4 is 31.6 Å². The van der Waals surface area contributed by atoms with Crippen molar-refractivity contribution in [3.8, 4) is 11.5 Å². The van der Waals surface area contributed by atoms with Crippen molar-refractivity contribution in [1.29, 1.82) is 0 Å². The molecule has 0 unspecified atom stereocenters. The molecule has 1 aliphatic carbocycles. The molecule has 1 aliphatic heterocycles. The SMILES string of the molecule is CCOc1ccc([C@H]2C3=C(CC(C)(C)CC3=O)OC(N)=C2S(=O)(=O)c2ccc(Br)cc2)cc1OC. The number of allylic oxidation sites excluding steroid dienone is 3. The minimum Gasteiger partial charge on any atom is -0.493 e. The maximum Gasteiger partial charge on any atom is 0.208 e. The van der Waals surface area contributed by atoms with Gasteiger partial charge in [-0.3, -0.25) is 4.79 Å². The second-order valence-electron chi connectivity index (χ2n) is 9.34. The maximum absolute atomic E-state index is 13.9. The van der Waals surface area contributed by atoms with Gasteiger partial charge >= 0.3 is 0 Å². The van der Waals surface area contributed by atoms with Crippen LogP contribution in [-0.4, -0.2) is 27.9 Å². The molecule has 2 N–H and O–H groups in total. The van der Waals surface area contributed by atoms with Gasteiger partial charge in [0.25, 0.3) is 0 Å². The molecule has 1 heterocycles. The minimum absolute atomic E-state index is 0.0535. The highest BCUT2D eigenvalue weighted by molar-refractivity contribution is 9.10. The van der Waals surface area contributed by atoms with Crippen molar-refractivity contribution in [2.24, 2.45) is 11.1 Å². The third kappa shape index (κ3) is 4.71. The summed E-state index contributed by atoms with van der Waals surface area (Å²) in [4.78, 5) is 13.4. The Kier molecular flexibility index (Phi) is 6.76. The van der Waals surface area contributed by atoms with Crippen molar-refractivity contribution in [3.05, 3.63) is 74.6 Å². The number of Topliss-reactive ketones (excluding diaryl/α,β-unsaturated/α-hetero) is 1. The molecule has 1 atom stereocenters. The Balaban J connectivity index is 1.96. The molecule has 0 saturated heterocycles. The summed E-state index contributed by atoms with van der Waals surface area (Å²) in [7, 11) is -2.61. The lowest BCUT2D eigenvalue weighted by atomic mass is 9.72. The lowest BCUT2D eigenvalue weighted by molar-refractivity contribution is -0.119. The Morgan fingerprint density at radius 2 is 1.80 bits per heavy atom. The van der Waals surface area contributed by atoms with Gasteiger partial charge in [0.1, 0.15) is 10.7 Å². The molecular weight excluding hydrogens is 534 g/mol. The van der Waals surface area contributed by atoms with E-state index in [1.54, 1.807) is 30.3 Å². The largest absolute Gasteiger partial charge is 0.493 e. The molecule has 7 nitrogen and oxygen atoms in total. The summed E-state index contributed by atoms with van der Waals surface area (Å²) in [6, 6.07) is 11.4. The molecule has 0 spiro atoms. The summed E-state index contributed by atoms with van der Waals surface area (Å²) >= 11 is 3.33. The highest BCUT2D eigenvalue weighted by atomic mass is 79.9. The van der Waals surface area contributed by atoms with E-state index in [2.05, 4.69) is 15.9 Å². The molecule has 2 aliphatic rings. The van der Waals surface area contributed by atoms with Crippen LogP contribution in [0.5, 0.6) is 11.5 Å². The molecule has 2 aromatic rings. The van der Waals surface area contributed by atoms with Crippen LogP contribution in [0.15, 0.2) is 74.0 Å². The molecule has 0 amide bonds. The number of hydrogen-bond donors (Lipinski definition) is 1. The fourth-order valence-electron chi connectivity index (χ4n) is 4.63. The lowest BCUT2D eigenvalue weighted by Crippen LogP contribution is -2.35. The normalized spacial score (nSPS) is 19.8. The Morgan fingerprint density at radius 1 is 1.11 bits per heavy atom. The summed E-state index contributed by atoms with van der Waals surface area (Å²) in [5.74, 6) is 0.0305. The molecule has 186 valence electrons. The second kappa shape index (κ2) is 9.35. The lowest BCUT2D eigenvalue weighted by Gasteiger charge is -2.38. The van der Waals surface area contributed by atoms with Gasteiger partial charge < -0.3 is 19.9 Å². The van der Waals surface area contributed by atoms with Gasteiger partial charge in [-0.05, 0) is 54.3 Å². The summed E-state index contributed by atoms with van der Waals surface area (Å²) in [6.45, 7) is 6.24. The average molecular weight is 562 g/mol. The van der Waals surface area contributed by atoms with Crippen molar-refractivity contribution in [1.82, 2.24) is 0 Å². The van der Waals surface area contributed by atoms with E-state index in [1.165, 1.54) is 19.2 Å². The molecular formula is C26H28BrNO6S. The molecule has 0 aromatic heterocycles. The summed E-state index contributed by atoms with van der Waals surface area (Å²) < 4.78 is 45.6. The Labute approximate surface area is 214 Å². The van der Waals surface area contributed by atoms with Crippen LogP contribution >= 0.6 is 15.9 Å². The number of ketones is 1. The van der Waals surface area contributed by atoms with Crippen LogP contribution in [0, 0.1) is 5.41 Å². The van der Waals surface area contributed by atoms with E-state index in [-0.39, 0.29) is 33.3 Å². The zero-order valence-corrected chi connectivity index (χ0v) is 22.5. The number of sulfone groups is 1. The second-order valence-corrected chi connectivity index (χ2v) is 12.2. The number of benzene rings is 2. The van der Waals surface area contributed by atoms with Gasteiger partial charge in [0.15, 0.2) is 17.3 Å². The van der Waals surface area contributed by atoms with E-state index in [9.17, 15) is 13.2 Å². The van der Waals surface area contributed by atoms with Gasteiger partial charge in [-0.25, -0.2) is 8.42 Å². The molecule has 0 radical (unpaired) electrons. The standard InChI is InChI=1S/C26H28BrNO6S/c1-5-33-19-11-6-15(12-20(19)32-4)22-23-18(29)13-26(2,3)14-21(23)34-25(28)24(22)35(30,31)17-9-7-16(27)8-10-17/h6-12,22H,5,13-14,28H2,1-4H3/t22-/m0/s1. The number of carbonyl (C=O) groups is 1. The number of nitrogens with two attached hydrogens (primary N) is 1. The quantitative estimate of drug-likeness (QED) is 0.515. The predicted octanol–water partition coefficient (Wildman–Crippen LogP) is 5.22. The first-order chi connectivity index (χ1) is 16.5. The molecule has 9 heteroatoms. The number of methoxy groups -OCH3 is 1. The Bertz CT molecular complexity index is 1340. The minimum atomic E-state index is -4.12. The highest BCUT2D eigenvalue weighted by Crippen LogP contribution is 2.51. The van der Waals surface area contributed by atoms with Crippen molar-refractivity contribution in [2.75, 3.05) is 13.7 Å². The third-order valence-electron chi connectivity index (χ3n) is 6.14. The number of ether oxygens (including phenoxy) is 3. The predicted molar refractivity (Wildman–Crippen MR) is 136 cm³/mol. The van der Waals surface area contributed by atoms with Crippen molar-refractivity contribution in [3.63, 3.8) is 0 Å². The van der Waals surface area contributed by atoms with E-state index in [0.29, 0.717) is 41.4 Å². The fraction of sp³-hybridized carbons (Fsp3) is 0.346. The number of halogens is 1. The highest BCUT2D eigenvalue weighted by Gasteiger charge is 2.46. The van der Waals surface area contributed by atoms with Crippen LogP contribution in [-0.2, 0) is 19.4 Å². The Hall–Kier alpha value is -2.78. The Morgan fingerprint density at radius 3 is 2.43 bits per heavy atom. The number of hydrogen-bond acceptors (Lipinski definition) is 7. The topological polar surface area (TPSA) is 105 Å². The first kappa shape index (κ1) is 25.3.